The first kappa shape index (κ1) is 20.8. The smallest absolute Gasteiger partial charge is 0.250 e. The second-order valence-corrected chi connectivity index (χ2v) is 7.47. The minimum absolute atomic E-state index is 0.0540. The predicted octanol–water partition coefficient (Wildman–Crippen LogP) is 4.55. The Morgan fingerprint density at radius 1 is 1.00 bits per heavy atom. The number of nitrogens with one attached hydrogen (secondary N) is 2. The molecule has 0 bridgehead atoms. The van der Waals surface area contributed by atoms with Crippen molar-refractivity contribution in [1.82, 2.24) is 15.0 Å². The molecule has 0 aliphatic carbocycles. The SMILES string of the molecule is Oc1ccc(Cl)cc1/C=N\Nc1nc(Nc2ccc(F)cc2)nc(N2CCCCC2)n1. The number of halogens is 2. The van der Waals surface area contributed by atoms with E-state index in [2.05, 4.69) is 35.7 Å². The number of benzene rings is 2. The van der Waals surface area contributed by atoms with Crippen LogP contribution in [-0.4, -0.2) is 39.4 Å². The summed E-state index contributed by atoms with van der Waals surface area (Å²) in [6, 6.07) is 10.6. The van der Waals surface area contributed by atoms with Crippen LogP contribution in [0.3, 0.4) is 0 Å². The number of hydrazone groups is 1. The number of aromatic nitrogens is 3. The molecule has 2 heterocycles. The van der Waals surface area contributed by atoms with E-state index in [1.165, 1.54) is 30.8 Å². The normalized spacial score (nSPS) is 14.1. The lowest BCUT2D eigenvalue weighted by Crippen LogP contribution is -2.31. The van der Waals surface area contributed by atoms with Gasteiger partial charge in [0.1, 0.15) is 11.6 Å². The molecule has 1 aromatic heterocycles. The molecular weight excluding hydrogens is 421 g/mol. The van der Waals surface area contributed by atoms with E-state index in [4.69, 9.17) is 11.6 Å². The quantitative estimate of drug-likeness (QED) is 0.381. The van der Waals surface area contributed by atoms with Gasteiger partial charge in [-0.15, -0.1) is 0 Å². The van der Waals surface area contributed by atoms with Crippen LogP contribution in [-0.2, 0) is 0 Å². The van der Waals surface area contributed by atoms with Crippen LogP contribution in [0.15, 0.2) is 47.6 Å². The fraction of sp³-hybridized carbons (Fsp3) is 0.238. The van der Waals surface area contributed by atoms with Crippen molar-refractivity contribution < 1.29 is 9.50 Å². The van der Waals surface area contributed by atoms with E-state index in [1.807, 2.05) is 0 Å². The Labute approximate surface area is 183 Å². The molecule has 31 heavy (non-hydrogen) atoms. The molecule has 0 spiro atoms. The number of piperidine rings is 1. The number of hydrogen-bond acceptors (Lipinski definition) is 8. The van der Waals surface area contributed by atoms with E-state index in [-0.39, 0.29) is 17.5 Å². The number of hydrogen-bond donors (Lipinski definition) is 3. The molecule has 0 saturated carbocycles. The first-order valence-corrected chi connectivity index (χ1v) is 10.3. The van der Waals surface area contributed by atoms with Crippen molar-refractivity contribution in [3.63, 3.8) is 0 Å². The summed E-state index contributed by atoms with van der Waals surface area (Å²) in [6.07, 6.45) is 4.75. The molecule has 8 nitrogen and oxygen atoms in total. The number of rotatable bonds is 6. The van der Waals surface area contributed by atoms with Gasteiger partial charge in [-0.1, -0.05) is 11.6 Å². The van der Waals surface area contributed by atoms with Crippen LogP contribution in [0.4, 0.5) is 27.9 Å². The number of phenolic OH excluding ortho intramolecular Hbond substituents is 1. The Morgan fingerprint density at radius 3 is 2.52 bits per heavy atom. The molecule has 1 fully saturated rings. The number of anilines is 4. The van der Waals surface area contributed by atoms with Gasteiger partial charge in [0.15, 0.2) is 0 Å². The van der Waals surface area contributed by atoms with E-state index in [0.29, 0.717) is 28.2 Å². The average Bonchev–Trinajstić information content (AvgIpc) is 2.78. The summed E-state index contributed by atoms with van der Waals surface area (Å²) in [5.41, 5.74) is 3.88. The Hall–Kier alpha value is -3.46. The van der Waals surface area contributed by atoms with Crippen LogP contribution in [0.25, 0.3) is 0 Å². The summed E-state index contributed by atoms with van der Waals surface area (Å²) >= 11 is 5.96. The third kappa shape index (κ3) is 5.58. The van der Waals surface area contributed by atoms with Gasteiger partial charge in [-0.05, 0) is 61.7 Å². The molecule has 3 N–H and O–H groups in total. The summed E-state index contributed by atoms with van der Waals surface area (Å²) in [6.45, 7) is 1.72. The van der Waals surface area contributed by atoms with Crippen LogP contribution in [0.1, 0.15) is 24.8 Å². The monoisotopic (exact) mass is 441 g/mol. The topological polar surface area (TPSA) is 98.6 Å². The lowest BCUT2D eigenvalue weighted by Gasteiger charge is -2.26. The van der Waals surface area contributed by atoms with Gasteiger partial charge >= 0.3 is 0 Å². The molecule has 0 atom stereocenters. The van der Waals surface area contributed by atoms with Gasteiger partial charge in [-0.3, -0.25) is 0 Å². The maximum atomic E-state index is 13.2. The number of nitrogens with zero attached hydrogens (tertiary/aromatic N) is 5. The van der Waals surface area contributed by atoms with E-state index in [1.54, 1.807) is 24.3 Å². The lowest BCUT2D eigenvalue weighted by molar-refractivity contribution is 0.474. The zero-order valence-electron chi connectivity index (χ0n) is 16.6. The second kappa shape index (κ2) is 9.57. The van der Waals surface area contributed by atoms with Gasteiger partial charge in [-0.2, -0.15) is 20.1 Å². The fourth-order valence-electron chi connectivity index (χ4n) is 3.16. The van der Waals surface area contributed by atoms with Crippen LogP contribution < -0.4 is 15.6 Å². The van der Waals surface area contributed by atoms with Crippen molar-refractivity contribution in [2.24, 2.45) is 5.10 Å². The van der Waals surface area contributed by atoms with E-state index < -0.39 is 0 Å². The highest BCUT2D eigenvalue weighted by Gasteiger charge is 2.16. The maximum Gasteiger partial charge on any atom is 0.250 e. The van der Waals surface area contributed by atoms with Crippen LogP contribution in [0.5, 0.6) is 5.75 Å². The zero-order chi connectivity index (χ0) is 21.6. The molecule has 10 heteroatoms. The molecule has 1 saturated heterocycles. The van der Waals surface area contributed by atoms with Crippen molar-refractivity contribution >= 4 is 41.3 Å². The van der Waals surface area contributed by atoms with Crippen LogP contribution in [0.2, 0.25) is 5.02 Å². The van der Waals surface area contributed by atoms with Crippen molar-refractivity contribution in [2.75, 3.05) is 28.7 Å². The minimum atomic E-state index is -0.323. The highest BCUT2D eigenvalue weighted by molar-refractivity contribution is 6.30. The Morgan fingerprint density at radius 2 is 1.74 bits per heavy atom. The molecular formula is C21H21ClFN7O. The van der Waals surface area contributed by atoms with Gasteiger partial charge in [0, 0.05) is 29.4 Å². The predicted molar refractivity (Wildman–Crippen MR) is 120 cm³/mol. The third-order valence-corrected chi connectivity index (χ3v) is 4.96. The van der Waals surface area contributed by atoms with Crippen molar-refractivity contribution in [1.29, 1.82) is 0 Å². The van der Waals surface area contributed by atoms with Crippen molar-refractivity contribution in [2.45, 2.75) is 19.3 Å². The number of phenols is 1. The molecule has 1 aliphatic rings. The van der Waals surface area contributed by atoms with Crippen LogP contribution >= 0.6 is 11.6 Å². The molecule has 0 amide bonds. The fourth-order valence-corrected chi connectivity index (χ4v) is 3.34. The van der Waals surface area contributed by atoms with Crippen molar-refractivity contribution in [3.05, 3.63) is 58.9 Å². The second-order valence-electron chi connectivity index (χ2n) is 7.04. The standard InChI is InChI=1S/C21H21ClFN7O/c22-15-4-9-18(31)14(12-15)13-24-29-20-26-19(25-17-7-5-16(23)6-8-17)27-21(28-20)30-10-2-1-3-11-30/h4-9,12-13,31H,1-3,10-11H2,(H2,25,26,27,28,29)/b24-13-. The molecule has 2 aromatic carbocycles. The molecule has 0 radical (unpaired) electrons. The van der Waals surface area contributed by atoms with E-state index in [0.717, 1.165) is 25.9 Å². The summed E-state index contributed by atoms with van der Waals surface area (Å²) < 4.78 is 13.2. The third-order valence-electron chi connectivity index (χ3n) is 4.72. The summed E-state index contributed by atoms with van der Waals surface area (Å²) in [7, 11) is 0. The minimum Gasteiger partial charge on any atom is -0.507 e. The van der Waals surface area contributed by atoms with Crippen molar-refractivity contribution in [3.8, 4) is 5.75 Å². The average molecular weight is 442 g/mol. The molecule has 1 aliphatic heterocycles. The first-order chi connectivity index (χ1) is 15.1. The molecule has 0 unspecified atom stereocenters. The Bertz CT molecular complexity index is 1070. The van der Waals surface area contributed by atoms with Gasteiger partial charge in [0.25, 0.3) is 0 Å². The maximum absolute atomic E-state index is 13.2. The van der Waals surface area contributed by atoms with Gasteiger partial charge in [0.05, 0.1) is 6.21 Å². The largest absolute Gasteiger partial charge is 0.507 e. The molecule has 4 rings (SSSR count). The Kier molecular flexibility index (Phi) is 6.42. The zero-order valence-corrected chi connectivity index (χ0v) is 17.3. The lowest BCUT2D eigenvalue weighted by atomic mass is 10.1. The van der Waals surface area contributed by atoms with E-state index >= 15 is 0 Å². The van der Waals surface area contributed by atoms with Gasteiger partial charge in [-0.25, -0.2) is 9.82 Å². The van der Waals surface area contributed by atoms with Crippen LogP contribution in [0, 0.1) is 5.82 Å². The van der Waals surface area contributed by atoms with Gasteiger partial charge in [0.2, 0.25) is 17.8 Å². The summed E-state index contributed by atoms with van der Waals surface area (Å²) in [5.74, 6) is 0.806. The Balaban J connectivity index is 1.58. The van der Waals surface area contributed by atoms with E-state index in [9.17, 15) is 9.50 Å². The number of aromatic hydroxyl groups is 1. The summed E-state index contributed by atoms with van der Waals surface area (Å²) in [5, 5.41) is 17.6. The first-order valence-electron chi connectivity index (χ1n) is 9.88. The molecule has 160 valence electrons. The highest BCUT2D eigenvalue weighted by Crippen LogP contribution is 2.22. The van der Waals surface area contributed by atoms with Gasteiger partial charge < -0.3 is 15.3 Å². The summed E-state index contributed by atoms with van der Waals surface area (Å²) in [4.78, 5) is 15.4. The molecule has 3 aromatic rings. The highest BCUT2D eigenvalue weighted by atomic mass is 35.5.